The third kappa shape index (κ3) is 6.87. The van der Waals surface area contributed by atoms with Crippen molar-refractivity contribution in [3.05, 3.63) is 119 Å². The molecular formula is C29H25ClF3N3O4S. The van der Waals surface area contributed by atoms with Gasteiger partial charge in [0.15, 0.2) is 15.5 Å². The number of nitrogens with zero attached hydrogens (tertiary/aromatic N) is 2. The molecule has 0 aliphatic rings. The van der Waals surface area contributed by atoms with Crippen LogP contribution in [0.15, 0.2) is 91.5 Å². The van der Waals surface area contributed by atoms with Gasteiger partial charge in [-0.3, -0.25) is 0 Å². The van der Waals surface area contributed by atoms with Gasteiger partial charge in [-0.05, 0) is 41.5 Å². The van der Waals surface area contributed by atoms with Crippen LogP contribution in [0.25, 0.3) is 16.9 Å². The van der Waals surface area contributed by atoms with E-state index in [1.54, 1.807) is 36.4 Å². The first-order valence-corrected chi connectivity index (χ1v) is 14.4. The van der Waals surface area contributed by atoms with Crippen LogP contribution in [0.5, 0.6) is 0 Å². The van der Waals surface area contributed by atoms with Gasteiger partial charge in [-0.15, -0.1) is 6.58 Å². The molecule has 0 aliphatic carbocycles. The van der Waals surface area contributed by atoms with Gasteiger partial charge < -0.3 is 10.5 Å². The molecule has 0 saturated carbocycles. The van der Waals surface area contributed by atoms with Crippen LogP contribution in [0.2, 0.25) is 5.02 Å². The van der Waals surface area contributed by atoms with E-state index in [0.717, 1.165) is 16.3 Å². The molecule has 4 rings (SSSR count). The number of alkyl halides is 3. The van der Waals surface area contributed by atoms with Crippen LogP contribution in [0.4, 0.5) is 13.2 Å². The summed E-state index contributed by atoms with van der Waals surface area (Å²) in [6.45, 7) is 3.55. The van der Waals surface area contributed by atoms with Crippen LogP contribution in [0.1, 0.15) is 32.4 Å². The van der Waals surface area contributed by atoms with E-state index in [1.807, 2.05) is 0 Å². The van der Waals surface area contributed by atoms with Gasteiger partial charge in [-0.1, -0.05) is 66.2 Å². The second kappa shape index (κ2) is 12.3. The molecule has 41 heavy (non-hydrogen) atoms. The summed E-state index contributed by atoms with van der Waals surface area (Å²) < 4.78 is 72.4. The molecule has 1 heterocycles. The van der Waals surface area contributed by atoms with Gasteiger partial charge >= 0.3 is 12.1 Å². The predicted octanol–water partition coefficient (Wildman–Crippen LogP) is 6.17. The summed E-state index contributed by atoms with van der Waals surface area (Å²) in [6.07, 6.45) is -3.38. The fraction of sp³-hybridized carbons (Fsp3) is 0.172. The Hall–Kier alpha value is -3.93. The number of sulfone groups is 1. The molecule has 0 spiro atoms. The highest BCUT2D eigenvalue weighted by atomic mass is 35.5. The Bertz CT molecular complexity index is 1650. The third-order valence-corrected chi connectivity index (χ3v) is 8.54. The lowest BCUT2D eigenvalue weighted by Gasteiger charge is -2.15. The summed E-state index contributed by atoms with van der Waals surface area (Å²) in [7, 11) is -3.75. The SMILES string of the molecule is C=CC(c1ccc(CN)cc1)S(=O)(=O)CCOC(=O)c1ccc(-c2cc(C(F)(F)F)nn2-c2ccccc2Cl)cc1. The Morgan fingerprint density at radius 3 is 2.32 bits per heavy atom. The first kappa shape index (κ1) is 30.0. The predicted molar refractivity (Wildman–Crippen MR) is 150 cm³/mol. The second-order valence-electron chi connectivity index (χ2n) is 8.96. The largest absolute Gasteiger partial charge is 0.461 e. The first-order valence-electron chi connectivity index (χ1n) is 12.3. The maximum Gasteiger partial charge on any atom is 0.435 e. The zero-order valence-electron chi connectivity index (χ0n) is 21.5. The zero-order chi connectivity index (χ0) is 29.8. The average molecular weight is 604 g/mol. The lowest BCUT2D eigenvalue weighted by atomic mass is 10.1. The molecule has 1 atom stereocenters. The van der Waals surface area contributed by atoms with Crippen LogP contribution in [0.3, 0.4) is 0 Å². The normalized spacial score (nSPS) is 12.6. The molecule has 0 fully saturated rings. The van der Waals surface area contributed by atoms with Crippen LogP contribution in [-0.4, -0.2) is 36.5 Å². The van der Waals surface area contributed by atoms with E-state index in [0.29, 0.717) is 17.7 Å². The smallest absolute Gasteiger partial charge is 0.435 e. The average Bonchev–Trinajstić information content (AvgIpc) is 3.40. The van der Waals surface area contributed by atoms with Gasteiger partial charge in [0.2, 0.25) is 0 Å². The number of benzene rings is 3. The van der Waals surface area contributed by atoms with Crippen molar-refractivity contribution in [1.29, 1.82) is 0 Å². The highest BCUT2D eigenvalue weighted by molar-refractivity contribution is 7.91. The molecule has 0 aliphatic heterocycles. The molecule has 1 unspecified atom stereocenters. The Kier molecular flexibility index (Phi) is 9.01. The van der Waals surface area contributed by atoms with Gasteiger partial charge in [0.1, 0.15) is 11.9 Å². The molecule has 0 radical (unpaired) electrons. The fourth-order valence-electron chi connectivity index (χ4n) is 4.10. The van der Waals surface area contributed by atoms with Crippen LogP contribution >= 0.6 is 11.6 Å². The van der Waals surface area contributed by atoms with Crippen molar-refractivity contribution < 1.29 is 31.1 Å². The van der Waals surface area contributed by atoms with Gasteiger partial charge in [-0.25, -0.2) is 17.9 Å². The Morgan fingerprint density at radius 1 is 1.07 bits per heavy atom. The minimum Gasteiger partial charge on any atom is -0.461 e. The minimum atomic E-state index is -4.69. The number of ether oxygens (including phenoxy) is 1. The first-order chi connectivity index (χ1) is 19.4. The number of rotatable bonds is 10. The van der Waals surface area contributed by atoms with E-state index in [4.69, 9.17) is 22.1 Å². The third-order valence-electron chi connectivity index (χ3n) is 6.24. The molecule has 0 amide bonds. The highest BCUT2D eigenvalue weighted by Crippen LogP contribution is 2.34. The summed E-state index contributed by atoms with van der Waals surface area (Å²) in [6, 6.07) is 19.6. The minimum absolute atomic E-state index is 0.0867. The number of esters is 1. The molecule has 0 saturated heterocycles. The van der Waals surface area contributed by atoms with Crippen LogP contribution in [0, 0.1) is 0 Å². The number of hydrogen-bond donors (Lipinski definition) is 1. The van der Waals surface area contributed by atoms with E-state index in [1.165, 1.54) is 42.5 Å². The summed E-state index contributed by atoms with van der Waals surface area (Å²) >= 11 is 6.21. The fourth-order valence-corrected chi connectivity index (χ4v) is 5.75. The van der Waals surface area contributed by atoms with E-state index in [9.17, 15) is 26.4 Å². The molecule has 7 nitrogen and oxygen atoms in total. The number of para-hydroxylation sites is 1. The van der Waals surface area contributed by atoms with Crippen molar-refractivity contribution in [2.45, 2.75) is 18.0 Å². The Balaban J connectivity index is 1.48. The molecule has 1 aromatic heterocycles. The van der Waals surface area contributed by atoms with Crippen LogP contribution < -0.4 is 5.73 Å². The Labute approximate surface area is 239 Å². The number of aromatic nitrogens is 2. The number of nitrogens with two attached hydrogens (primary N) is 1. The van der Waals surface area contributed by atoms with E-state index < -0.39 is 45.3 Å². The van der Waals surface area contributed by atoms with Gasteiger partial charge in [0.25, 0.3) is 0 Å². The van der Waals surface area contributed by atoms with Crippen molar-refractivity contribution in [3.63, 3.8) is 0 Å². The molecule has 3 aromatic carbocycles. The number of carbonyl (C=O) groups excluding carboxylic acids is 1. The number of hydrogen-bond acceptors (Lipinski definition) is 6. The van der Waals surface area contributed by atoms with Crippen molar-refractivity contribution in [1.82, 2.24) is 9.78 Å². The highest BCUT2D eigenvalue weighted by Gasteiger charge is 2.35. The van der Waals surface area contributed by atoms with Gasteiger partial charge in [-0.2, -0.15) is 18.3 Å². The monoisotopic (exact) mass is 603 g/mol. The molecular weight excluding hydrogens is 579 g/mol. The van der Waals surface area contributed by atoms with Gasteiger partial charge in [0, 0.05) is 12.1 Å². The maximum atomic E-state index is 13.5. The lowest BCUT2D eigenvalue weighted by Crippen LogP contribution is -2.20. The van der Waals surface area contributed by atoms with Gasteiger partial charge in [0.05, 0.1) is 27.7 Å². The molecule has 214 valence electrons. The summed E-state index contributed by atoms with van der Waals surface area (Å²) in [5.74, 6) is -1.23. The van der Waals surface area contributed by atoms with E-state index in [2.05, 4.69) is 11.7 Å². The Morgan fingerprint density at radius 2 is 1.73 bits per heavy atom. The van der Waals surface area contributed by atoms with Crippen LogP contribution in [-0.2, 0) is 27.3 Å². The number of carbonyl (C=O) groups is 1. The van der Waals surface area contributed by atoms with Crippen molar-refractivity contribution >= 4 is 27.4 Å². The van der Waals surface area contributed by atoms with Crippen molar-refractivity contribution in [2.24, 2.45) is 5.73 Å². The molecule has 0 bridgehead atoms. The molecule has 4 aromatic rings. The van der Waals surface area contributed by atoms with E-state index in [-0.39, 0.29) is 22.0 Å². The number of halogens is 4. The lowest BCUT2D eigenvalue weighted by molar-refractivity contribution is -0.141. The quantitative estimate of drug-likeness (QED) is 0.172. The summed E-state index contributed by atoms with van der Waals surface area (Å²) in [5, 5.41) is 2.92. The van der Waals surface area contributed by atoms with E-state index >= 15 is 0 Å². The standard InChI is InChI=1S/C29H25ClF3N3O4S/c1-2-26(21-9-7-19(18-34)8-10-21)41(38,39)16-15-40-28(37)22-13-11-20(12-14-22)25-17-27(29(31,32)33)35-36(25)24-6-4-3-5-23(24)30/h2-14,17,26H,1,15-16,18,34H2. The summed E-state index contributed by atoms with van der Waals surface area (Å²) in [4.78, 5) is 12.6. The topological polar surface area (TPSA) is 104 Å². The molecule has 12 heteroatoms. The van der Waals surface area contributed by atoms with Crippen molar-refractivity contribution in [3.8, 4) is 16.9 Å². The summed E-state index contributed by atoms with van der Waals surface area (Å²) in [5.41, 5.74) is 6.62. The second-order valence-corrected chi connectivity index (χ2v) is 11.6. The zero-order valence-corrected chi connectivity index (χ0v) is 23.1. The van der Waals surface area contributed by atoms with Crippen molar-refractivity contribution in [2.75, 3.05) is 12.4 Å². The molecule has 2 N–H and O–H groups in total. The maximum absolute atomic E-state index is 13.5.